The average molecular weight is 451 g/mol. The molecule has 0 unspecified atom stereocenters. The van der Waals surface area contributed by atoms with Gasteiger partial charge in [-0.25, -0.2) is 15.0 Å². The van der Waals surface area contributed by atoms with Crippen LogP contribution < -0.4 is 11.1 Å². The van der Waals surface area contributed by atoms with Crippen LogP contribution in [0.5, 0.6) is 0 Å². The average Bonchev–Trinajstić information content (AvgIpc) is 3.57. The Labute approximate surface area is 194 Å². The molecule has 0 saturated carbocycles. The molecule has 4 heterocycles. The second-order valence-corrected chi connectivity index (χ2v) is 8.21. The van der Waals surface area contributed by atoms with E-state index in [9.17, 15) is 4.79 Å². The van der Waals surface area contributed by atoms with Gasteiger partial charge in [-0.1, -0.05) is 6.07 Å². The van der Waals surface area contributed by atoms with Crippen molar-refractivity contribution in [3.63, 3.8) is 0 Å². The van der Waals surface area contributed by atoms with Crippen molar-refractivity contribution in [2.24, 2.45) is 0 Å². The lowest BCUT2D eigenvalue weighted by atomic mass is 10.1. The topological polar surface area (TPSA) is 129 Å². The molecule has 0 radical (unpaired) electrons. The van der Waals surface area contributed by atoms with Crippen LogP contribution in [-0.4, -0.2) is 40.4 Å². The summed E-state index contributed by atoms with van der Waals surface area (Å²) in [6, 6.07) is 13.7. The van der Waals surface area contributed by atoms with Crippen LogP contribution in [0.2, 0.25) is 0 Å². The Morgan fingerprint density at radius 2 is 1.94 bits per heavy atom. The van der Waals surface area contributed by atoms with Crippen LogP contribution in [0.3, 0.4) is 0 Å². The molecule has 0 aliphatic heterocycles. The third-order valence-corrected chi connectivity index (χ3v) is 6.03. The van der Waals surface area contributed by atoms with E-state index in [0.717, 1.165) is 29.7 Å². The van der Waals surface area contributed by atoms with Crippen molar-refractivity contribution in [3.8, 4) is 22.9 Å². The first-order valence-corrected chi connectivity index (χ1v) is 11.0. The molecular formula is C24H21N9O. The highest BCUT2D eigenvalue weighted by atomic mass is 16.1. The Hall–Kier alpha value is -4.60. The fourth-order valence-corrected chi connectivity index (χ4v) is 4.56. The molecule has 4 aromatic heterocycles. The number of carbonyl (C=O) groups excluding carboxylic acids is 1. The maximum atomic E-state index is 11.6. The Morgan fingerprint density at radius 1 is 1.09 bits per heavy atom. The van der Waals surface area contributed by atoms with E-state index >= 15 is 0 Å². The van der Waals surface area contributed by atoms with E-state index in [1.807, 2.05) is 34.9 Å². The highest BCUT2D eigenvalue weighted by molar-refractivity contribution is 5.83. The smallest absolute Gasteiger partial charge is 0.217 e. The maximum Gasteiger partial charge on any atom is 0.217 e. The molecule has 168 valence electrons. The van der Waals surface area contributed by atoms with Crippen molar-refractivity contribution in [2.45, 2.75) is 25.8 Å². The van der Waals surface area contributed by atoms with E-state index in [1.165, 1.54) is 10.4 Å². The van der Waals surface area contributed by atoms with E-state index < -0.39 is 0 Å². The summed E-state index contributed by atoms with van der Waals surface area (Å²) in [6.45, 7) is 1.55. The molecule has 10 nitrogen and oxygen atoms in total. The van der Waals surface area contributed by atoms with Crippen LogP contribution >= 0.6 is 0 Å². The van der Waals surface area contributed by atoms with E-state index in [4.69, 9.17) is 15.7 Å². The minimum atomic E-state index is -0.0270. The number of nitrogens with zero attached hydrogens (tertiary/aromatic N) is 7. The molecule has 34 heavy (non-hydrogen) atoms. The van der Waals surface area contributed by atoms with Gasteiger partial charge >= 0.3 is 0 Å². The van der Waals surface area contributed by atoms with E-state index in [0.29, 0.717) is 28.6 Å². The fraction of sp³-hybridized carbons (Fsp3) is 0.167. The summed E-state index contributed by atoms with van der Waals surface area (Å²) in [4.78, 5) is 27.0. The molecule has 1 atom stereocenters. The van der Waals surface area contributed by atoms with Gasteiger partial charge in [0, 0.05) is 18.8 Å². The van der Waals surface area contributed by atoms with Crippen LogP contribution in [0.1, 0.15) is 30.5 Å². The fourth-order valence-electron chi connectivity index (χ4n) is 4.56. The first kappa shape index (κ1) is 20.0. The SMILES string of the molecule is CC(=O)N[C@H]1CCc2cc(-n3c(-c4cccnc4N)nc4ccc(-n5nccn5)nc43)ccc21. The standard InChI is InChI=1S/C24H21N9O/c1-14(34)29-19-7-4-15-13-16(5-6-17(15)19)32-23(18-3-2-10-26-22(18)25)30-20-8-9-21(31-24(20)32)33-27-11-12-28-33/h2-3,5-6,8-13,19H,4,7H2,1H3,(H2,25,26)(H,29,34)/t19-/m0/s1. The molecular weight excluding hydrogens is 430 g/mol. The molecule has 1 aliphatic carbocycles. The zero-order chi connectivity index (χ0) is 23.2. The summed E-state index contributed by atoms with van der Waals surface area (Å²) in [5.74, 6) is 1.59. The van der Waals surface area contributed by atoms with Gasteiger partial charge < -0.3 is 11.1 Å². The van der Waals surface area contributed by atoms with E-state index in [1.54, 1.807) is 25.5 Å². The molecule has 0 saturated heterocycles. The molecule has 0 fully saturated rings. The number of aromatic nitrogens is 7. The first-order valence-electron chi connectivity index (χ1n) is 11.0. The number of nitrogen functional groups attached to an aromatic ring is 1. The third-order valence-electron chi connectivity index (χ3n) is 6.03. The second kappa shape index (κ2) is 7.77. The van der Waals surface area contributed by atoms with Crippen molar-refractivity contribution in [3.05, 3.63) is 72.2 Å². The van der Waals surface area contributed by atoms with Gasteiger partial charge in [-0.15, -0.1) is 4.80 Å². The molecule has 1 aliphatic rings. The largest absolute Gasteiger partial charge is 0.383 e. The van der Waals surface area contributed by atoms with Crippen LogP contribution in [0.25, 0.3) is 34.1 Å². The van der Waals surface area contributed by atoms with Crippen LogP contribution in [0, 0.1) is 0 Å². The lowest BCUT2D eigenvalue weighted by Gasteiger charge is -2.15. The van der Waals surface area contributed by atoms with Gasteiger partial charge in [-0.3, -0.25) is 9.36 Å². The number of imidazole rings is 1. The Bertz CT molecular complexity index is 1540. The summed E-state index contributed by atoms with van der Waals surface area (Å²) < 4.78 is 1.99. The van der Waals surface area contributed by atoms with Gasteiger partial charge in [-0.05, 0) is 60.4 Å². The number of anilines is 1. The van der Waals surface area contributed by atoms with Gasteiger partial charge in [0.15, 0.2) is 17.3 Å². The predicted molar refractivity (Wildman–Crippen MR) is 126 cm³/mol. The number of hydrogen-bond acceptors (Lipinski definition) is 7. The molecule has 5 aromatic rings. The second-order valence-electron chi connectivity index (χ2n) is 8.21. The lowest BCUT2D eigenvalue weighted by molar-refractivity contribution is -0.119. The number of fused-ring (bicyclic) bond motifs is 2. The van der Waals surface area contributed by atoms with Gasteiger partial charge in [0.1, 0.15) is 11.3 Å². The zero-order valence-electron chi connectivity index (χ0n) is 18.4. The van der Waals surface area contributed by atoms with Gasteiger partial charge in [-0.2, -0.15) is 10.2 Å². The predicted octanol–water partition coefficient (Wildman–Crippen LogP) is 2.77. The Morgan fingerprint density at radius 3 is 2.74 bits per heavy atom. The molecule has 0 spiro atoms. The van der Waals surface area contributed by atoms with Crippen molar-refractivity contribution in [1.29, 1.82) is 0 Å². The van der Waals surface area contributed by atoms with Gasteiger partial charge in [0.25, 0.3) is 0 Å². The summed E-state index contributed by atoms with van der Waals surface area (Å²) >= 11 is 0. The third kappa shape index (κ3) is 3.27. The normalized spacial score (nSPS) is 14.9. The number of rotatable bonds is 4. The van der Waals surface area contributed by atoms with Crippen LogP contribution in [0.4, 0.5) is 5.82 Å². The minimum absolute atomic E-state index is 0.0270. The number of nitrogens with two attached hydrogens (primary N) is 1. The molecule has 6 rings (SSSR count). The molecule has 10 heteroatoms. The monoisotopic (exact) mass is 451 g/mol. The number of carbonyl (C=O) groups is 1. The highest BCUT2D eigenvalue weighted by Crippen LogP contribution is 2.35. The maximum absolute atomic E-state index is 11.6. The number of pyridine rings is 2. The van der Waals surface area contributed by atoms with Crippen LogP contribution in [-0.2, 0) is 11.2 Å². The first-order chi connectivity index (χ1) is 16.6. The molecule has 0 bridgehead atoms. The van der Waals surface area contributed by atoms with Crippen molar-refractivity contribution in [1.82, 2.24) is 39.8 Å². The minimum Gasteiger partial charge on any atom is -0.383 e. The molecule has 1 aromatic carbocycles. The van der Waals surface area contributed by atoms with Crippen LogP contribution in [0.15, 0.2) is 61.1 Å². The Balaban J connectivity index is 1.56. The molecule has 1 amide bonds. The zero-order valence-corrected chi connectivity index (χ0v) is 18.4. The summed E-state index contributed by atoms with van der Waals surface area (Å²) in [5.41, 5.74) is 11.6. The van der Waals surface area contributed by atoms with Gasteiger partial charge in [0.05, 0.1) is 24.0 Å². The van der Waals surface area contributed by atoms with Crippen molar-refractivity contribution in [2.75, 3.05) is 5.73 Å². The van der Waals surface area contributed by atoms with E-state index in [-0.39, 0.29) is 11.9 Å². The Kier molecular flexibility index (Phi) is 4.58. The summed E-state index contributed by atoms with van der Waals surface area (Å²) in [6.07, 6.45) is 6.62. The van der Waals surface area contributed by atoms with Gasteiger partial charge in [0.2, 0.25) is 5.91 Å². The van der Waals surface area contributed by atoms with Crippen molar-refractivity contribution < 1.29 is 4.79 Å². The number of hydrogen-bond donors (Lipinski definition) is 2. The van der Waals surface area contributed by atoms with E-state index in [2.05, 4.69) is 32.6 Å². The molecule has 3 N–H and O–H groups in total. The number of nitrogens with one attached hydrogen (secondary N) is 1. The summed E-state index contributed by atoms with van der Waals surface area (Å²) in [7, 11) is 0. The quantitative estimate of drug-likeness (QED) is 0.430. The van der Waals surface area contributed by atoms with Crippen molar-refractivity contribution >= 4 is 22.9 Å². The summed E-state index contributed by atoms with van der Waals surface area (Å²) in [5, 5.41) is 11.4. The number of benzene rings is 1. The number of amides is 1. The highest BCUT2D eigenvalue weighted by Gasteiger charge is 2.25. The lowest BCUT2D eigenvalue weighted by Crippen LogP contribution is -2.24. The number of aryl methyl sites for hydroxylation is 1.